The van der Waals surface area contributed by atoms with Gasteiger partial charge in [0, 0.05) is 19.1 Å². The summed E-state index contributed by atoms with van der Waals surface area (Å²) in [6, 6.07) is 11.2. The van der Waals surface area contributed by atoms with Crippen molar-refractivity contribution in [3.05, 3.63) is 35.9 Å². The molecule has 1 aliphatic carbocycles. The third-order valence-corrected chi connectivity index (χ3v) is 4.90. The highest BCUT2D eigenvalue weighted by molar-refractivity contribution is 7.80. The lowest BCUT2D eigenvalue weighted by Gasteiger charge is -2.31. The lowest BCUT2D eigenvalue weighted by atomic mass is 9.97. The normalized spacial score (nSPS) is 16.7. The largest absolute Gasteiger partial charge is 0.360 e. The zero-order valence-electron chi connectivity index (χ0n) is 14.8. The molecule has 1 aliphatic rings. The molecule has 0 unspecified atom stereocenters. The van der Waals surface area contributed by atoms with Crippen molar-refractivity contribution >= 4 is 17.3 Å². The zero-order chi connectivity index (χ0) is 16.5. The molecule has 1 fully saturated rings. The van der Waals surface area contributed by atoms with Crippen molar-refractivity contribution in [3.8, 4) is 0 Å². The molecule has 0 atom stereocenters. The summed E-state index contributed by atoms with van der Waals surface area (Å²) in [5.41, 5.74) is 1.33. The topological polar surface area (TPSA) is 15.3 Å². The van der Waals surface area contributed by atoms with Crippen LogP contribution in [0.3, 0.4) is 0 Å². The molecular weight excluding hydrogens is 300 g/mol. The summed E-state index contributed by atoms with van der Waals surface area (Å²) >= 11 is 5.77. The molecular formula is C20H32N2S. The number of nitrogens with zero attached hydrogens (tertiary/aromatic N) is 1. The van der Waals surface area contributed by atoms with E-state index in [0.717, 1.165) is 18.2 Å². The van der Waals surface area contributed by atoms with Gasteiger partial charge in [-0.2, -0.15) is 0 Å². The fraction of sp³-hybridized carbons (Fsp3) is 0.650. The van der Waals surface area contributed by atoms with E-state index in [4.69, 9.17) is 12.2 Å². The van der Waals surface area contributed by atoms with Gasteiger partial charge in [0.05, 0.1) is 0 Å². The molecule has 0 heterocycles. The summed E-state index contributed by atoms with van der Waals surface area (Å²) in [6.07, 6.45) is 9.37. The van der Waals surface area contributed by atoms with Gasteiger partial charge in [-0.15, -0.1) is 0 Å². The van der Waals surface area contributed by atoms with E-state index in [1.165, 1.54) is 50.5 Å². The Morgan fingerprint density at radius 2 is 1.70 bits per heavy atom. The second-order valence-corrected chi connectivity index (χ2v) is 7.64. The van der Waals surface area contributed by atoms with Gasteiger partial charge in [0.15, 0.2) is 5.11 Å². The number of nitrogens with one attached hydrogen (secondary N) is 1. The monoisotopic (exact) mass is 332 g/mol. The van der Waals surface area contributed by atoms with E-state index in [0.29, 0.717) is 12.0 Å². The Morgan fingerprint density at radius 1 is 1.09 bits per heavy atom. The number of rotatable bonds is 5. The maximum atomic E-state index is 5.77. The van der Waals surface area contributed by atoms with Crippen molar-refractivity contribution in [1.29, 1.82) is 0 Å². The van der Waals surface area contributed by atoms with Gasteiger partial charge in [0.1, 0.15) is 0 Å². The van der Waals surface area contributed by atoms with E-state index in [1.807, 2.05) is 0 Å². The highest BCUT2D eigenvalue weighted by atomic mass is 32.1. The average molecular weight is 333 g/mol. The van der Waals surface area contributed by atoms with Crippen LogP contribution in [0.15, 0.2) is 30.3 Å². The van der Waals surface area contributed by atoms with E-state index < -0.39 is 0 Å². The van der Waals surface area contributed by atoms with Crippen LogP contribution >= 0.6 is 12.2 Å². The molecule has 0 radical (unpaired) electrons. The molecule has 1 aromatic carbocycles. The third-order valence-electron chi connectivity index (χ3n) is 4.52. The van der Waals surface area contributed by atoms with Crippen LogP contribution in [0, 0.1) is 5.92 Å². The van der Waals surface area contributed by atoms with Crippen LogP contribution in [0.4, 0.5) is 0 Å². The predicted molar refractivity (Wildman–Crippen MR) is 104 cm³/mol. The van der Waals surface area contributed by atoms with Crippen LogP contribution in [0.1, 0.15) is 64.4 Å². The van der Waals surface area contributed by atoms with E-state index >= 15 is 0 Å². The smallest absolute Gasteiger partial charge is 0.169 e. The zero-order valence-corrected chi connectivity index (χ0v) is 15.6. The van der Waals surface area contributed by atoms with Gasteiger partial charge in [-0.25, -0.2) is 0 Å². The Morgan fingerprint density at radius 3 is 2.30 bits per heavy atom. The molecule has 3 heteroatoms. The first-order valence-corrected chi connectivity index (χ1v) is 9.65. The highest BCUT2D eigenvalue weighted by Crippen LogP contribution is 2.18. The Hall–Kier alpha value is -1.09. The van der Waals surface area contributed by atoms with E-state index in [9.17, 15) is 0 Å². The minimum atomic E-state index is 0.563. The summed E-state index contributed by atoms with van der Waals surface area (Å²) in [5.74, 6) is 0.607. The molecule has 1 aromatic rings. The van der Waals surface area contributed by atoms with E-state index in [2.05, 4.69) is 54.4 Å². The van der Waals surface area contributed by atoms with Crippen molar-refractivity contribution in [2.24, 2.45) is 5.92 Å². The van der Waals surface area contributed by atoms with Crippen LogP contribution in [0.25, 0.3) is 0 Å². The van der Waals surface area contributed by atoms with Gasteiger partial charge < -0.3 is 10.2 Å². The highest BCUT2D eigenvalue weighted by Gasteiger charge is 2.17. The molecule has 1 N–H and O–H groups in total. The average Bonchev–Trinajstić information content (AvgIpc) is 2.49. The molecule has 0 aliphatic heterocycles. The van der Waals surface area contributed by atoms with E-state index in [1.54, 1.807) is 0 Å². The predicted octanol–water partition coefficient (Wildman–Crippen LogP) is 5.13. The molecule has 23 heavy (non-hydrogen) atoms. The van der Waals surface area contributed by atoms with Crippen LogP contribution in [0.5, 0.6) is 0 Å². The molecule has 2 nitrogen and oxygen atoms in total. The molecule has 0 amide bonds. The molecule has 0 aromatic heterocycles. The second kappa shape index (κ2) is 9.92. The van der Waals surface area contributed by atoms with Gasteiger partial charge in [-0.05, 0) is 36.5 Å². The number of thiocarbonyl (C=S) groups is 1. The van der Waals surface area contributed by atoms with Gasteiger partial charge >= 0.3 is 0 Å². The molecule has 128 valence electrons. The van der Waals surface area contributed by atoms with Crippen LogP contribution in [-0.4, -0.2) is 22.6 Å². The standard InChI is InChI=1S/C20H32N2S/c1-17(2)15-22(16-18-11-7-6-8-12-18)20(23)21-19-13-9-4-3-5-10-14-19/h6-8,11-12,17,19H,3-5,9-10,13-16H2,1-2H3,(H,21,23). The minimum Gasteiger partial charge on any atom is -0.360 e. The van der Waals surface area contributed by atoms with Crippen molar-refractivity contribution in [2.45, 2.75) is 71.4 Å². The SMILES string of the molecule is CC(C)CN(Cc1ccccc1)C(=S)NC1CCCCCCC1. The maximum absolute atomic E-state index is 5.77. The Bertz CT molecular complexity index is 450. The van der Waals surface area contributed by atoms with Gasteiger partial charge in [0.2, 0.25) is 0 Å². The third kappa shape index (κ3) is 6.90. The minimum absolute atomic E-state index is 0.563. The first kappa shape index (κ1) is 18.3. The summed E-state index contributed by atoms with van der Waals surface area (Å²) < 4.78 is 0. The Labute approximate surface area is 147 Å². The molecule has 0 saturated heterocycles. The summed E-state index contributed by atoms with van der Waals surface area (Å²) in [5, 5.41) is 4.61. The maximum Gasteiger partial charge on any atom is 0.169 e. The number of benzene rings is 1. The van der Waals surface area contributed by atoms with Gasteiger partial charge in [0.25, 0.3) is 0 Å². The van der Waals surface area contributed by atoms with Crippen molar-refractivity contribution < 1.29 is 0 Å². The van der Waals surface area contributed by atoms with Gasteiger partial charge in [-0.1, -0.05) is 76.3 Å². The molecule has 0 spiro atoms. The fourth-order valence-electron chi connectivity index (χ4n) is 3.33. The summed E-state index contributed by atoms with van der Waals surface area (Å²) in [7, 11) is 0. The molecule has 0 bridgehead atoms. The van der Waals surface area contributed by atoms with Gasteiger partial charge in [-0.3, -0.25) is 0 Å². The van der Waals surface area contributed by atoms with Crippen LogP contribution < -0.4 is 5.32 Å². The number of hydrogen-bond acceptors (Lipinski definition) is 1. The summed E-state index contributed by atoms with van der Waals surface area (Å²) in [6.45, 7) is 6.43. The lowest BCUT2D eigenvalue weighted by molar-refractivity contribution is 0.340. The Kier molecular flexibility index (Phi) is 7.87. The van der Waals surface area contributed by atoms with E-state index in [-0.39, 0.29) is 0 Å². The van der Waals surface area contributed by atoms with Crippen molar-refractivity contribution in [3.63, 3.8) is 0 Å². The van der Waals surface area contributed by atoms with Crippen LogP contribution in [-0.2, 0) is 6.54 Å². The lowest BCUT2D eigenvalue weighted by Crippen LogP contribution is -2.45. The summed E-state index contributed by atoms with van der Waals surface area (Å²) in [4.78, 5) is 2.34. The number of hydrogen-bond donors (Lipinski definition) is 1. The first-order chi connectivity index (χ1) is 11.1. The molecule has 1 saturated carbocycles. The Balaban J connectivity index is 1.94. The van der Waals surface area contributed by atoms with Crippen LogP contribution in [0.2, 0.25) is 0 Å². The van der Waals surface area contributed by atoms with Crippen molar-refractivity contribution in [2.75, 3.05) is 6.54 Å². The second-order valence-electron chi connectivity index (χ2n) is 7.25. The quantitative estimate of drug-likeness (QED) is 0.752. The molecule has 2 rings (SSSR count). The first-order valence-electron chi connectivity index (χ1n) is 9.24. The fourth-order valence-corrected chi connectivity index (χ4v) is 3.64. The van der Waals surface area contributed by atoms with Crippen molar-refractivity contribution in [1.82, 2.24) is 10.2 Å².